The maximum atomic E-state index is 11.8. The molecule has 0 aliphatic heterocycles. The van der Waals surface area contributed by atoms with E-state index in [0.29, 0.717) is 37.6 Å². The second-order valence-corrected chi connectivity index (χ2v) is 5.46. The van der Waals surface area contributed by atoms with E-state index in [9.17, 15) is 9.59 Å². The molecule has 1 N–H and O–H groups in total. The number of aromatic nitrogens is 1. The molecule has 0 saturated carbocycles. The van der Waals surface area contributed by atoms with E-state index in [1.54, 1.807) is 18.3 Å². The van der Waals surface area contributed by atoms with E-state index in [-0.39, 0.29) is 25.0 Å². The van der Waals surface area contributed by atoms with Crippen LogP contribution in [0.15, 0.2) is 43.1 Å². The molecule has 2 rings (SSSR count). The summed E-state index contributed by atoms with van der Waals surface area (Å²) in [6, 6.07) is 7.11. The van der Waals surface area contributed by atoms with Gasteiger partial charge in [0.15, 0.2) is 6.61 Å². The Labute approximate surface area is 157 Å². The average molecular weight is 370 g/mol. The Kier molecular flexibility index (Phi) is 8.10. The largest absolute Gasteiger partial charge is 0.484 e. The summed E-state index contributed by atoms with van der Waals surface area (Å²) in [7, 11) is 0. The molecule has 1 amide bonds. The minimum absolute atomic E-state index is 0.132. The SMILES string of the molecule is C#CCOCCOCCNC(=O)COc1ccc2ccn(C(=O)C=C)c2c1. The fourth-order valence-corrected chi connectivity index (χ4v) is 2.30. The number of carbonyl (C=O) groups is 2. The van der Waals surface area contributed by atoms with Gasteiger partial charge in [-0.05, 0) is 24.3 Å². The highest BCUT2D eigenvalue weighted by Crippen LogP contribution is 2.22. The average Bonchev–Trinajstić information content (AvgIpc) is 3.11. The van der Waals surface area contributed by atoms with E-state index in [2.05, 4.69) is 17.8 Å². The lowest BCUT2D eigenvalue weighted by molar-refractivity contribution is -0.123. The van der Waals surface area contributed by atoms with Gasteiger partial charge in [-0.2, -0.15) is 0 Å². The Morgan fingerprint density at radius 1 is 1.22 bits per heavy atom. The molecule has 7 heteroatoms. The standard InChI is InChI=1S/C20H22N2O5/c1-3-10-25-12-13-26-11-8-21-19(23)15-27-17-6-5-16-7-9-22(18(16)14-17)20(24)4-2/h1,4-7,9,14H,2,8,10-13,15H2,(H,21,23). The number of nitrogens with zero attached hydrogens (tertiary/aromatic N) is 1. The second-order valence-electron chi connectivity index (χ2n) is 5.46. The molecule has 0 unspecified atom stereocenters. The van der Waals surface area contributed by atoms with Crippen LogP contribution in [0.1, 0.15) is 4.79 Å². The van der Waals surface area contributed by atoms with Crippen molar-refractivity contribution in [1.29, 1.82) is 0 Å². The summed E-state index contributed by atoms with van der Waals surface area (Å²) in [6.07, 6.45) is 7.96. The highest BCUT2D eigenvalue weighted by molar-refractivity contribution is 5.98. The van der Waals surface area contributed by atoms with E-state index in [0.717, 1.165) is 5.39 Å². The van der Waals surface area contributed by atoms with Gasteiger partial charge in [0.1, 0.15) is 12.4 Å². The topological polar surface area (TPSA) is 78.8 Å². The van der Waals surface area contributed by atoms with Crippen LogP contribution in [0.4, 0.5) is 0 Å². The highest BCUT2D eigenvalue weighted by atomic mass is 16.5. The summed E-state index contributed by atoms with van der Waals surface area (Å²) >= 11 is 0. The summed E-state index contributed by atoms with van der Waals surface area (Å²) in [5.41, 5.74) is 0.693. The quantitative estimate of drug-likeness (QED) is 0.370. The predicted molar refractivity (Wildman–Crippen MR) is 102 cm³/mol. The molecule has 142 valence electrons. The second kappa shape index (κ2) is 10.8. The molecule has 1 heterocycles. The number of nitrogens with one attached hydrogen (secondary N) is 1. The molecule has 27 heavy (non-hydrogen) atoms. The van der Waals surface area contributed by atoms with Crippen molar-refractivity contribution in [3.8, 4) is 18.1 Å². The van der Waals surface area contributed by atoms with Gasteiger partial charge in [0.2, 0.25) is 0 Å². The van der Waals surface area contributed by atoms with Gasteiger partial charge >= 0.3 is 0 Å². The summed E-state index contributed by atoms with van der Waals surface area (Å²) in [5, 5.41) is 3.59. The number of allylic oxidation sites excluding steroid dienone is 1. The number of amides is 1. The zero-order valence-electron chi connectivity index (χ0n) is 15.0. The number of fused-ring (bicyclic) bond motifs is 1. The summed E-state index contributed by atoms with van der Waals surface area (Å²) in [5.74, 6) is 2.36. The monoisotopic (exact) mass is 370 g/mol. The van der Waals surface area contributed by atoms with E-state index >= 15 is 0 Å². The van der Waals surface area contributed by atoms with Crippen molar-refractivity contribution in [1.82, 2.24) is 9.88 Å². The number of benzene rings is 1. The van der Waals surface area contributed by atoms with Crippen LogP contribution >= 0.6 is 0 Å². The Balaban J connectivity index is 1.73. The minimum Gasteiger partial charge on any atom is -0.484 e. The van der Waals surface area contributed by atoms with Crippen LogP contribution in [-0.2, 0) is 14.3 Å². The molecule has 0 saturated heterocycles. The van der Waals surface area contributed by atoms with E-state index in [1.165, 1.54) is 10.6 Å². The molecule has 0 aliphatic carbocycles. The van der Waals surface area contributed by atoms with Gasteiger partial charge in [0.25, 0.3) is 11.8 Å². The van der Waals surface area contributed by atoms with E-state index in [1.807, 2.05) is 12.1 Å². The molecule has 0 aliphatic rings. The van der Waals surface area contributed by atoms with Gasteiger partial charge in [-0.1, -0.05) is 12.5 Å². The van der Waals surface area contributed by atoms with Crippen molar-refractivity contribution in [2.24, 2.45) is 0 Å². The Bertz CT molecular complexity index is 834. The molecular weight excluding hydrogens is 348 g/mol. The van der Waals surface area contributed by atoms with E-state index < -0.39 is 0 Å². The molecule has 1 aromatic carbocycles. The zero-order chi connectivity index (χ0) is 19.5. The Hall–Kier alpha value is -3.08. The van der Waals surface area contributed by atoms with Crippen LogP contribution < -0.4 is 10.1 Å². The number of hydrogen-bond donors (Lipinski definition) is 1. The van der Waals surface area contributed by atoms with Gasteiger partial charge < -0.3 is 19.5 Å². The lowest BCUT2D eigenvalue weighted by atomic mass is 10.2. The van der Waals surface area contributed by atoms with Gasteiger partial charge in [-0.25, -0.2) is 0 Å². The molecular formula is C20H22N2O5. The first-order valence-electron chi connectivity index (χ1n) is 8.42. The molecule has 0 radical (unpaired) electrons. The maximum absolute atomic E-state index is 11.8. The first-order valence-corrected chi connectivity index (χ1v) is 8.42. The maximum Gasteiger partial charge on any atom is 0.258 e. The third-order valence-corrected chi connectivity index (χ3v) is 3.57. The van der Waals surface area contributed by atoms with Gasteiger partial charge in [0.05, 0.1) is 25.3 Å². The summed E-state index contributed by atoms with van der Waals surface area (Å²) < 4.78 is 17.3. The first-order chi connectivity index (χ1) is 13.2. The van der Waals surface area contributed by atoms with Crippen LogP contribution in [0.2, 0.25) is 0 Å². The number of hydrogen-bond acceptors (Lipinski definition) is 5. The molecule has 1 aromatic heterocycles. The lowest BCUT2D eigenvalue weighted by Crippen LogP contribution is -2.31. The number of ether oxygens (including phenoxy) is 3. The minimum atomic E-state index is -0.264. The van der Waals surface area contributed by atoms with Crippen LogP contribution in [0.25, 0.3) is 10.9 Å². The molecule has 2 aromatic rings. The van der Waals surface area contributed by atoms with Crippen LogP contribution in [-0.4, -0.2) is 56.0 Å². The van der Waals surface area contributed by atoms with E-state index in [4.69, 9.17) is 20.6 Å². The van der Waals surface area contributed by atoms with Gasteiger partial charge in [0, 0.05) is 24.2 Å². The molecule has 0 atom stereocenters. The third kappa shape index (κ3) is 6.29. The van der Waals surface area contributed by atoms with Crippen molar-refractivity contribution >= 4 is 22.7 Å². The third-order valence-electron chi connectivity index (χ3n) is 3.57. The smallest absolute Gasteiger partial charge is 0.258 e. The fourth-order valence-electron chi connectivity index (χ4n) is 2.30. The number of carbonyl (C=O) groups excluding carboxylic acids is 2. The molecule has 0 fully saturated rings. The summed E-state index contributed by atoms with van der Waals surface area (Å²) in [4.78, 5) is 23.6. The summed E-state index contributed by atoms with van der Waals surface area (Å²) in [6.45, 7) is 5.18. The van der Waals surface area contributed by atoms with Crippen LogP contribution in [0, 0.1) is 12.3 Å². The number of rotatable bonds is 11. The van der Waals surface area contributed by atoms with Crippen molar-refractivity contribution in [2.45, 2.75) is 0 Å². The molecule has 0 bridgehead atoms. The normalized spacial score (nSPS) is 10.3. The number of terminal acetylenes is 1. The van der Waals surface area contributed by atoms with Crippen molar-refractivity contribution < 1.29 is 23.8 Å². The van der Waals surface area contributed by atoms with Gasteiger partial charge in [-0.3, -0.25) is 14.2 Å². The lowest BCUT2D eigenvalue weighted by Gasteiger charge is -2.09. The molecule has 7 nitrogen and oxygen atoms in total. The first kappa shape index (κ1) is 20.2. The fraction of sp³-hybridized carbons (Fsp3) is 0.300. The van der Waals surface area contributed by atoms with Crippen LogP contribution in [0.5, 0.6) is 5.75 Å². The van der Waals surface area contributed by atoms with Gasteiger partial charge in [-0.15, -0.1) is 6.42 Å². The Morgan fingerprint density at radius 3 is 2.81 bits per heavy atom. The van der Waals surface area contributed by atoms with Crippen molar-refractivity contribution in [3.05, 3.63) is 43.1 Å². The van der Waals surface area contributed by atoms with Crippen molar-refractivity contribution in [3.63, 3.8) is 0 Å². The highest BCUT2D eigenvalue weighted by Gasteiger charge is 2.08. The van der Waals surface area contributed by atoms with Crippen molar-refractivity contribution in [2.75, 3.05) is 39.6 Å². The van der Waals surface area contributed by atoms with Crippen LogP contribution in [0.3, 0.4) is 0 Å². The predicted octanol–water partition coefficient (Wildman–Crippen LogP) is 1.63. The zero-order valence-corrected chi connectivity index (χ0v) is 15.0. The Morgan fingerprint density at radius 2 is 2.04 bits per heavy atom. The molecule has 0 spiro atoms.